The minimum atomic E-state index is -3.48. The normalized spacial score (nSPS) is 10.9. The summed E-state index contributed by atoms with van der Waals surface area (Å²) >= 11 is 0. The Hall–Kier alpha value is -1.35. The van der Waals surface area contributed by atoms with Crippen molar-refractivity contribution in [2.45, 2.75) is 11.4 Å². The van der Waals surface area contributed by atoms with Crippen LogP contribution in [0.2, 0.25) is 0 Å². The van der Waals surface area contributed by atoms with Crippen LogP contribution in [0.15, 0.2) is 29.2 Å². The second kappa shape index (κ2) is 4.94. The molecule has 0 atom stereocenters. The molecule has 0 aliphatic heterocycles. The van der Waals surface area contributed by atoms with Crippen LogP contribution in [0.1, 0.15) is 5.56 Å². The number of hydrogen-bond donors (Lipinski definition) is 2. The SMILES string of the molecule is C#CCNS(=O)(=O)c1ccc(CN)cc1. The first-order valence-corrected chi connectivity index (χ1v) is 5.80. The highest BCUT2D eigenvalue weighted by Gasteiger charge is 2.11. The van der Waals surface area contributed by atoms with Crippen LogP contribution in [-0.2, 0) is 16.6 Å². The molecule has 0 bridgehead atoms. The lowest BCUT2D eigenvalue weighted by Crippen LogP contribution is -2.23. The van der Waals surface area contributed by atoms with E-state index in [4.69, 9.17) is 12.2 Å². The molecule has 0 saturated carbocycles. The minimum Gasteiger partial charge on any atom is -0.326 e. The highest BCUT2D eigenvalue weighted by Crippen LogP contribution is 2.09. The van der Waals surface area contributed by atoms with Crippen LogP contribution in [0, 0.1) is 12.3 Å². The molecular weight excluding hydrogens is 212 g/mol. The molecule has 0 saturated heterocycles. The molecule has 0 heterocycles. The number of terminal acetylenes is 1. The van der Waals surface area contributed by atoms with E-state index in [0.717, 1.165) is 5.56 Å². The van der Waals surface area contributed by atoms with Crippen molar-refractivity contribution in [3.05, 3.63) is 29.8 Å². The van der Waals surface area contributed by atoms with Crippen molar-refractivity contribution in [2.24, 2.45) is 5.73 Å². The molecule has 0 fully saturated rings. The Bertz CT molecular complexity index is 457. The predicted molar refractivity (Wildman–Crippen MR) is 58.4 cm³/mol. The van der Waals surface area contributed by atoms with E-state index in [1.165, 1.54) is 12.1 Å². The summed E-state index contributed by atoms with van der Waals surface area (Å²) < 4.78 is 25.4. The third kappa shape index (κ3) is 3.06. The van der Waals surface area contributed by atoms with Gasteiger partial charge in [-0.1, -0.05) is 18.1 Å². The van der Waals surface area contributed by atoms with E-state index in [0.29, 0.717) is 6.54 Å². The van der Waals surface area contributed by atoms with E-state index in [-0.39, 0.29) is 11.4 Å². The van der Waals surface area contributed by atoms with E-state index < -0.39 is 10.0 Å². The fraction of sp³-hybridized carbons (Fsp3) is 0.200. The second-order valence-electron chi connectivity index (χ2n) is 2.88. The first-order chi connectivity index (χ1) is 7.10. The Morgan fingerprint density at radius 3 is 2.40 bits per heavy atom. The summed E-state index contributed by atoms with van der Waals surface area (Å²) in [5.41, 5.74) is 6.28. The van der Waals surface area contributed by atoms with Crippen molar-refractivity contribution in [1.82, 2.24) is 4.72 Å². The van der Waals surface area contributed by atoms with Gasteiger partial charge in [0.05, 0.1) is 11.4 Å². The summed E-state index contributed by atoms with van der Waals surface area (Å²) in [5, 5.41) is 0. The molecule has 0 aliphatic carbocycles. The highest BCUT2D eigenvalue weighted by atomic mass is 32.2. The van der Waals surface area contributed by atoms with Crippen LogP contribution < -0.4 is 10.5 Å². The maximum Gasteiger partial charge on any atom is 0.241 e. The van der Waals surface area contributed by atoms with Crippen LogP contribution in [0.25, 0.3) is 0 Å². The van der Waals surface area contributed by atoms with Crippen LogP contribution >= 0.6 is 0 Å². The van der Waals surface area contributed by atoms with Gasteiger partial charge in [-0.2, -0.15) is 4.72 Å². The maximum atomic E-state index is 11.6. The molecule has 0 radical (unpaired) electrons. The molecule has 0 aromatic heterocycles. The lowest BCUT2D eigenvalue weighted by atomic mass is 10.2. The van der Waals surface area contributed by atoms with Crippen molar-refractivity contribution in [3.8, 4) is 12.3 Å². The van der Waals surface area contributed by atoms with Gasteiger partial charge in [0.25, 0.3) is 0 Å². The number of hydrogen-bond acceptors (Lipinski definition) is 3. The Kier molecular flexibility index (Phi) is 3.86. The quantitative estimate of drug-likeness (QED) is 0.710. The van der Waals surface area contributed by atoms with Crippen molar-refractivity contribution >= 4 is 10.0 Å². The van der Waals surface area contributed by atoms with Crippen LogP contribution in [0.5, 0.6) is 0 Å². The van der Waals surface area contributed by atoms with Gasteiger partial charge in [-0.05, 0) is 17.7 Å². The molecule has 1 aromatic carbocycles. The summed E-state index contributed by atoms with van der Waals surface area (Å²) in [5.74, 6) is 2.21. The molecular formula is C10H12N2O2S. The van der Waals surface area contributed by atoms with Gasteiger partial charge in [0.2, 0.25) is 10.0 Å². The second-order valence-corrected chi connectivity index (χ2v) is 4.64. The average molecular weight is 224 g/mol. The van der Waals surface area contributed by atoms with Crippen LogP contribution in [0.4, 0.5) is 0 Å². The van der Waals surface area contributed by atoms with Crippen LogP contribution in [-0.4, -0.2) is 15.0 Å². The Labute approximate surface area is 89.5 Å². The summed E-state index contributed by atoms with van der Waals surface area (Å²) in [6, 6.07) is 6.34. The molecule has 5 heteroatoms. The van der Waals surface area contributed by atoms with E-state index >= 15 is 0 Å². The molecule has 0 unspecified atom stereocenters. The molecule has 0 amide bonds. The van der Waals surface area contributed by atoms with Crippen molar-refractivity contribution in [2.75, 3.05) is 6.54 Å². The monoisotopic (exact) mass is 224 g/mol. The van der Waals surface area contributed by atoms with Gasteiger partial charge in [0, 0.05) is 6.54 Å². The molecule has 15 heavy (non-hydrogen) atoms. The summed E-state index contributed by atoms with van der Waals surface area (Å²) in [4.78, 5) is 0.190. The zero-order valence-electron chi connectivity index (χ0n) is 8.10. The van der Waals surface area contributed by atoms with E-state index in [1.807, 2.05) is 0 Å². The van der Waals surface area contributed by atoms with Gasteiger partial charge < -0.3 is 5.73 Å². The Balaban J connectivity index is 2.92. The first-order valence-electron chi connectivity index (χ1n) is 4.32. The van der Waals surface area contributed by atoms with Crippen molar-refractivity contribution in [1.29, 1.82) is 0 Å². The largest absolute Gasteiger partial charge is 0.326 e. The summed E-state index contributed by atoms with van der Waals surface area (Å²) in [7, 11) is -3.48. The van der Waals surface area contributed by atoms with E-state index in [9.17, 15) is 8.42 Å². The fourth-order valence-corrected chi connectivity index (χ4v) is 1.96. The van der Waals surface area contributed by atoms with Crippen LogP contribution in [0.3, 0.4) is 0 Å². The van der Waals surface area contributed by atoms with Gasteiger partial charge in [-0.25, -0.2) is 8.42 Å². The van der Waals surface area contributed by atoms with Crippen molar-refractivity contribution in [3.63, 3.8) is 0 Å². The minimum absolute atomic E-state index is 0.0129. The molecule has 0 aliphatic rings. The number of nitrogens with one attached hydrogen (secondary N) is 1. The highest BCUT2D eigenvalue weighted by molar-refractivity contribution is 7.89. The lowest BCUT2D eigenvalue weighted by molar-refractivity contribution is 0.586. The zero-order chi connectivity index (χ0) is 11.3. The smallest absolute Gasteiger partial charge is 0.241 e. The average Bonchev–Trinajstić information content (AvgIpc) is 2.26. The maximum absolute atomic E-state index is 11.6. The van der Waals surface area contributed by atoms with E-state index in [2.05, 4.69) is 10.6 Å². The third-order valence-corrected chi connectivity index (χ3v) is 3.25. The standard InChI is InChI=1S/C10H12N2O2S/c1-2-7-12-15(13,14)10-5-3-9(8-11)4-6-10/h1,3-6,12H,7-8,11H2. The fourth-order valence-electron chi connectivity index (χ4n) is 1.02. The van der Waals surface area contributed by atoms with E-state index in [1.54, 1.807) is 12.1 Å². The molecule has 3 N–H and O–H groups in total. The van der Waals surface area contributed by atoms with Gasteiger partial charge >= 0.3 is 0 Å². The molecule has 0 spiro atoms. The number of benzene rings is 1. The third-order valence-electron chi connectivity index (χ3n) is 1.83. The topological polar surface area (TPSA) is 72.2 Å². The van der Waals surface area contributed by atoms with Gasteiger partial charge in [-0.3, -0.25) is 0 Å². The predicted octanol–water partition coefficient (Wildman–Crippen LogP) is 0.0568. The molecule has 4 nitrogen and oxygen atoms in total. The van der Waals surface area contributed by atoms with Crippen molar-refractivity contribution < 1.29 is 8.42 Å². The molecule has 80 valence electrons. The zero-order valence-corrected chi connectivity index (χ0v) is 8.92. The molecule has 1 aromatic rings. The Morgan fingerprint density at radius 2 is 1.93 bits per heavy atom. The number of sulfonamides is 1. The lowest BCUT2D eigenvalue weighted by Gasteiger charge is -2.04. The number of nitrogens with two attached hydrogens (primary N) is 1. The van der Waals surface area contributed by atoms with Gasteiger partial charge in [-0.15, -0.1) is 6.42 Å². The summed E-state index contributed by atoms with van der Waals surface area (Å²) in [6.07, 6.45) is 4.97. The summed E-state index contributed by atoms with van der Waals surface area (Å²) in [6.45, 7) is 0.374. The Morgan fingerprint density at radius 1 is 1.33 bits per heavy atom. The first kappa shape index (κ1) is 11.7. The van der Waals surface area contributed by atoms with Gasteiger partial charge in [0.15, 0.2) is 0 Å². The molecule has 1 rings (SSSR count). The van der Waals surface area contributed by atoms with Gasteiger partial charge in [0.1, 0.15) is 0 Å². The number of rotatable bonds is 4.